The van der Waals surface area contributed by atoms with E-state index in [-0.39, 0.29) is 5.78 Å². The minimum Gasteiger partial charge on any atom is -0.451 e. The van der Waals surface area contributed by atoms with Gasteiger partial charge in [0.1, 0.15) is 0 Å². The first-order valence-electron chi connectivity index (χ1n) is 5.24. The van der Waals surface area contributed by atoms with E-state index in [9.17, 15) is 9.59 Å². The number of carbonyl (C=O) groups excluding carboxylic acids is 2. The number of carbonyl (C=O) groups is 2. The van der Waals surface area contributed by atoms with Crippen LogP contribution in [0.4, 0.5) is 0 Å². The van der Waals surface area contributed by atoms with Gasteiger partial charge >= 0.3 is 5.97 Å². The smallest absolute Gasteiger partial charge is 0.303 e. The Balaban J connectivity index is 3.03. The molecule has 0 unspecified atom stereocenters. The van der Waals surface area contributed by atoms with Gasteiger partial charge in [0.05, 0.1) is 0 Å². The summed E-state index contributed by atoms with van der Waals surface area (Å²) in [5.41, 5.74) is 0.140. The molecule has 0 aliphatic heterocycles. The van der Waals surface area contributed by atoms with Gasteiger partial charge < -0.3 is 4.74 Å². The van der Waals surface area contributed by atoms with Crippen LogP contribution in [-0.4, -0.2) is 17.4 Å². The van der Waals surface area contributed by atoms with E-state index in [0.717, 1.165) is 5.56 Å². The molecule has 3 nitrogen and oxygen atoms in total. The molecule has 0 saturated carbocycles. The van der Waals surface area contributed by atoms with Gasteiger partial charge in [0, 0.05) is 17.5 Å². The number of benzene rings is 1. The zero-order valence-electron chi connectivity index (χ0n) is 10.3. The predicted octanol–water partition coefficient (Wildman–Crippen LogP) is 3.17. The summed E-state index contributed by atoms with van der Waals surface area (Å²) in [6.07, 6.45) is 0. The largest absolute Gasteiger partial charge is 0.451 e. The van der Waals surface area contributed by atoms with Crippen molar-refractivity contribution >= 4 is 23.4 Å². The second-order valence-corrected chi connectivity index (χ2v) is 4.80. The minimum atomic E-state index is -1.16. The molecule has 0 bridgehead atoms. The van der Waals surface area contributed by atoms with Crippen LogP contribution in [0.2, 0.25) is 5.02 Å². The maximum absolute atomic E-state index is 12.1. The van der Waals surface area contributed by atoms with Crippen LogP contribution < -0.4 is 0 Å². The number of Topliss-reactive ketones (excluding diaryl/α,β-unsaturated/α-hetero) is 1. The molecular weight excluding hydrogens is 240 g/mol. The van der Waals surface area contributed by atoms with Gasteiger partial charge in [-0.2, -0.15) is 0 Å². The SMILES string of the molecule is CC(=O)OC(C)(C)C(=O)c1ccc(Cl)c(C)c1. The van der Waals surface area contributed by atoms with Gasteiger partial charge in [0.2, 0.25) is 5.78 Å². The van der Waals surface area contributed by atoms with Crippen molar-refractivity contribution in [1.82, 2.24) is 0 Å². The van der Waals surface area contributed by atoms with Gasteiger partial charge in [-0.3, -0.25) is 9.59 Å². The zero-order chi connectivity index (χ0) is 13.2. The number of hydrogen-bond acceptors (Lipinski definition) is 3. The quantitative estimate of drug-likeness (QED) is 0.615. The summed E-state index contributed by atoms with van der Waals surface area (Å²) in [5, 5.41) is 0.604. The fraction of sp³-hybridized carbons (Fsp3) is 0.385. The van der Waals surface area contributed by atoms with E-state index >= 15 is 0 Å². The second kappa shape index (κ2) is 4.88. The fourth-order valence-electron chi connectivity index (χ4n) is 1.54. The standard InChI is InChI=1S/C13H15ClO3/c1-8-7-10(5-6-11(8)14)12(16)13(3,4)17-9(2)15/h5-7H,1-4H3. The van der Waals surface area contributed by atoms with Crippen LogP contribution in [0.25, 0.3) is 0 Å². The van der Waals surface area contributed by atoms with Gasteiger partial charge in [-0.25, -0.2) is 0 Å². The highest BCUT2D eigenvalue weighted by atomic mass is 35.5. The molecule has 1 rings (SSSR count). The summed E-state index contributed by atoms with van der Waals surface area (Å²) >= 11 is 5.89. The van der Waals surface area contributed by atoms with Crippen LogP contribution in [0.1, 0.15) is 36.7 Å². The highest BCUT2D eigenvalue weighted by molar-refractivity contribution is 6.31. The molecule has 0 saturated heterocycles. The van der Waals surface area contributed by atoms with Crippen molar-refractivity contribution in [1.29, 1.82) is 0 Å². The van der Waals surface area contributed by atoms with Crippen molar-refractivity contribution in [3.8, 4) is 0 Å². The molecule has 1 aromatic rings. The van der Waals surface area contributed by atoms with Crippen molar-refractivity contribution in [3.63, 3.8) is 0 Å². The molecule has 4 heteroatoms. The van der Waals surface area contributed by atoms with E-state index in [1.54, 1.807) is 32.0 Å². The fourth-order valence-corrected chi connectivity index (χ4v) is 1.66. The lowest BCUT2D eigenvalue weighted by Gasteiger charge is -2.23. The molecule has 0 heterocycles. The van der Waals surface area contributed by atoms with Crippen molar-refractivity contribution in [2.45, 2.75) is 33.3 Å². The highest BCUT2D eigenvalue weighted by Crippen LogP contribution is 2.22. The maximum Gasteiger partial charge on any atom is 0.303 e. The Morgan fingerprint density at radius 3 is 2.35 bits per heavy atom. The van der Waals surface area contributed by atoms with Crippen molar-refractivity contribution in [2.24, 2.45) is 0 Å². The lowest BCUT2D eigenvalue weighted by molar-refractivity contribution is -0.149. The predicted molar refractivity (Wildman–Crippen MR) is 66.4 cm³/mol. The van der Waals surface area contributed by atoms with Gasteiger partial charge in [0.15, 0.2) is 5.60 Å². The third-order valence-electron chi connectivity index (χ3n) is 2.37. The van der Waals surface area contributed by atoms with Crippen LogP contribution in [0.3, 0.4) is 0 Å². The van der Waals surface area contributed by atoms with Crippen molar-refractivity contribution < 1.29 is 14.3 Å². The summed E-state index contributed by atoms with van der Waals surface area (Å²) in [4.78, 5) is 23.1. The van der Waals surface area contributed by atoms with E-state index in [4.69, 9.17) is 16.3 Å². The topological polar surface area (TPSA) is 43.4 Å². The molecule has 0 aromatic heterocycles. The molecule has 0 fully saturated rings. The average molecular weight is 255 g/mol. The molecule has 0 radical (unpaired) electrons. The summed E-state index contributed by atoms with van der Waals surface area (Å²) < 4.78 is 5.00. The minimum absolute atomic E-state index is 0.243. The Kier molecular flexibility index (Phi) is 3.94. The van der Waals surface area contributed by atoms with E-state index < -0.39 is 11.6 Å². The van der Waals surface area contributed by atoms with E-state index in [1.807, 2.05) is 6.92 Å². The van der Waals surface area contributed by atoms with Gasteiger partial charge in [-0.15, -0.1) is 0 Å². The van der Waals surface area contributed by atoms with E-state index in [1.165, 1.54) is 6.92 Å². The molecule has 0 N–H and O–H groups in total. The Morgan fingerprint density at radius 2 is 1.88 bits per heavy atom. The number of aryl methyl sites for hydroxylation is 1. The Bertz CT molecular complexity index is 464. The molecule has 0 aliphatic rings. The van der Waals surface area contributed by atoms with Crippen LogP contribution in [-0.2, 0) is 9.53 Å². The van der Waals surface area contributed by atoms with Gasteiger partial charge in [0.25, 0.3) is 0 Å². The summed E-state index contributed by atoms with van der Waals surface area (Å²) in [6, 6.07) is 4.98. The Morgan fingerprint density at radius 1 is 1.29 bits per heavy atom. The second-order valence-electron chi connectivity index (χ2n) is 4.40. The highest BCUT2D eigenvalue weighted by Gasteiger charge is 2.31. The molecular formula is C13H15ClO3. The molecule has 92 valence electrons. The molecule has 17 heavy (non-hydrogen) atoms. The molecule has 0 aliphatic carbocycles. The normalized spacial score (nSPS) is 11.1. The summed E-state index contributed by atoms with van der Waals surface area (Å²) in [5.74, 6) is -0.721. The third-order valence-corrected chi connectivity index (χ3v) is 2.79. The summed E-state index contributed by atoms with van der Waals surface area (Å²) in [6.45, 7) is 6.24. The lowest BCUT2D eigenvalue weighted by atomic mass is 9.95. The average Bonchev–Trinajstić information content (AvgIpc) is 2.19. The first-order valence-corrected chi connectivity index (χ1v) is 5.62. The first kappa shape index (κ1) is 13.7. The van der Waals surface area contributed by atoms with Gasteiger partial charge in [-0.1, -0.05) is 11.6 Å². The summed E-state index contributed by atoms with van der Waals surface area (Å²) in [7, 11) is 0. The molecule has 1 aromatic carbocycles. The Hall–Kier alpha value is -1.35. The molecule has 0 atom stereocenters. The van der Waals surface area contributed by atoms with E-state index in [2.05, 4.69) is 0 Å². The first-order chi connectivity index (χ1) is 7.74. The monoisotopic (exact) mass is 254 g/mol. The maximum atomic E-state index is 12.1. The number of ketones is 1. The molecule has 0 amide bonds. The Labute approximate surface area is 106 Å². The van der Waals surface area contributed by atoms with Crippen LogP contribution in [0.5, 0.6) is 0 Å². The third kappa shape index (κ3) is 3.30. The van der Waals surface area contributed by atoms with Crippen molar-refractivity contribution in [3.05, 3.63) is 34.3 Å². The lowest BCUT2D eigenvalue weighted by Crippen LogP contribution is -2.36. The number of hydrogen-bond donors (Lipinski definition) is 0. The molecule has 0 spiro atoms. The van der Waals surface area contributed by atoms with E-state index in [0.29, 0.717) is 10.6 Å². The zero-order valence-corrected chi connectivity index (χ0v) is 11.1. The number of halogens is 1. The van der Waals surface area contributed by atoms with Crippen LogP contribution in [0, 0.1) is 6.92 Å². The number of ether oxygens (including phenoxy) is 1. The number of esters is 1. The van der Waals surface area contributed by atoms with Crippen LogP contribution in [0.15, 0.2) is 18.2 Å². The van der Waals surface area contributed by atoms with Gasteiger partial charge in [-0.05, 0) is 44.5 Å². The van der Waals surface area contributed by atoms with Crippen LogP contribution >= 0.6 is 11.6 Å². The number of rotatable bonds is 3. The van der Waals surface area contributed by atoms with Crippen molar-refractivity contribution in [2.75, 3.05) is 0 Å².